The smallest absolute Gasteiger partial charge is 0.258 e. The molecular formula is C14H25IN2O2SSi. The maximum Gasteiger partial charge on any atom is 0.301 e. The fourth-order valence-corrected chi connectivity index (χ4v) is 5.02. The van der Waals surface area contributed by atoms with E-state index in [0.717, 1.165) is 20.9 Å². The number of nitrogens with one attached hydrogen (secondary N) is 1. The van der Waals surface area contributed by atoms with Crippen LogP contribution in [0.5, 0.6) is 0 Å². The molecule has 1 rings (SSSR count). The van der Waals surface area contributed by atoms with Crippen LogP contribution in [0, 0.1) is 10.5 Å². The van der Waals surface area contributed by atoms with E-state index in [1.54, 1.807) is 0 Å². The zero-order chi connectivity index (χ0) is 16.3. The third-order valence-corrected chi connectivity index (χ3v) is 7.19. The number of nitrogens with zero attached hydrogens (tertiary/aromatic N) is 1. The number of hydrogen-bond acceptors (Lipinski definition) is 2. The number of rotatable bonds is 7. The maximum absolute atomic E-state index is 12.5. The summed E-state index contributed by atoms with van der Waals surface area (Å²) in [6.45, 7) is 11.4. The fourth-order valence-electron chi connectivity index (χ4n) is 2.00. The molecule has 120 valence electrons. The average molecular weight is 440 g/mol. The summed E-state index contributed by atoms with van der Waals surface area (Å²) >= 11 is 2.23. The molecule has 0 radical (unpaired) electrons. The Balaban J connectivity index is 2.92. The van der Waals surface area contributed by atoms with Gasteiger partial charge in [0.25, 0.3) is 0 Å². The first-order valence-corrected chi connectivity index (χ1v) is 13.3. The van der Waals surface area contributed by atoms with Gasteiger partial charge in [-0.1, -0.05) is 19.6 Å². The second-order valence-electron chi connectivity index (χ2n) is 6.31. The Morgan fingerprint density at radius 2 is 1.90 bits per heavy atom. The zero-order valence-corrected chi connectivity index (χ0v) is 17.4. The SMILES string of the molecule is CCN(c1ccc(I)cc1C)S(=O)(=O)NCC[Si](C)(C)C. The second kappa shape index (κ2) is 7.43. The third kappa shape index (κ3) is 5.88. The first-order valence-electron chi connectivity index (χ1n) is 7.10. The fraction of sp³-hybridized carbons (Fsp3) is 0.571. The van der Waals surface area contributed by atoms with Gasteiger partial charge in [0.15, 0.2) is 0 Å². The van der Waals surface area contributed by atoms with Crippen molar-refractivity contribution in [2.24, 2.45) is 0 Å². The van der Waals surface area contributed by atoms with Crippen LogP contribution >= 0.6 is 22.6 Å². The molecule has 0 aliphatic rings. The summed E-state index contributed by atoms with van der Waals surface area (Å²) in [5.74, 6) is 0. The van der Waals surface area contributed by atoms with E-state index in [-0.39, 0.29) is 0 Å². The highest BCUT2D eigenvalue weighted by atomic mass is 127. The van der Waals surface area contributed by atoms with Crippen LogP contribution in [0.15, 0.2) is 18.2 Å². The van der Waals surface area contributed by atoms with Crippen molar-refractivity contribution in [3.8, 4) is 0 Å². The van der Waals surface area contributed by atoms with Crippen LogP contribution in [0.1, 0.15) is 12.5 Å². The standard InChI is InChI=1S/C14H25IN2O2SSi/c1-6-17(14-8-7-13(15)11-12(14)2)20(18,19)16-9-10-21(3,4)5/h7-8,11,16H,6,9-10H2,1-5H3. The summed E-state index contributed by atoms with van der Waals surface area (Å²) < 4.78 is 30.3. The lowest BCUT2D eigenvalue weighted by atomic mass is 10.2. The average Bonchev–Trinajstić information content (AvgIpc) is 2.30. The molecule has 7 heteroatoms. The van der Waals surface area contributed by atoms with Gasteiger partial charge in [-0.15, -0.1) is 0 Å². The molecule has 0 aliphatic heterocycles. The lowest BCUT2D eigenvalue weighted by Gasteiger charge is -2.25. The van der Waals surface area contributed by atoms with Crippen LogP contribution in [0.3, 0.4) is 0 Å². The molecule has 0 aliphatic carbocycles. The van der Waals surface area contributed by atoms with Gasteiger partial charge in [0.2, 0.25) is 0 Å². The summed E-state index contributed by atoms with van der Waals surface area (Å²) in [5.41, 5.74) is 1.72. The van der Waals surface area contributed by atoms with E-state index in [2.05, 4.69) is 47.0 Å². The molecule has 0 spiro atoms. The van der Waals surface area contributed by atoms with Gasteiger partial charge < -0.3 is 0 Å². The van der Waals surface area contributed by atoms with Gasteiger partial charge in [0, 0.05) is 24.7 Å². The van der Waals surface area contributed by atoms with Crippen molar-refractivity contribution in [1.29, 1.82) is 0 Å². The lowest BCUT2D eigenvalue weighted by molar-refractivity contribution is 0.579. The van der Waals surface area contributed by atoms with E-state index in [0.29, 0.717) is 13.1 Å². The summed E-state index contributed by atoms with van der Waals surface area (Å²) in [6.07, 6.45) is 0. The van der Waals surface area contributed by atoms with E-state index in [4.69, 9.17) is 0 Å². The molecule has 4 nitrogen and oxygen atoms in total. The van der Waals surface area contributed by atoms with Crippen LogP contribution in [0.4, 0.5) is 5.69 Å². The summed E-state index contributed by atoms with van der Waals surface area (Å²) in [6, 6.07) is 6.74. The molecule has 0 saturated carbocycles. The van der Waals surface area contributed by atoms with Crippen LogP contribution in [-0.2, 0) is 10.2 Å². The normalized spacial score (nSPS) is 12.5. The molecule has 0 bridgehead atoms. The first-order chi connectivity index (χ1) is 9.57. The summed E-state index contributed by atoms with van der Waals surface area (Å²) in [4.78, 5) is 0. The van der Waals surface area contributed by atoms with E-state index >= 15 is 0 Å². The van der Waals surface area contributed by atoms with Crippen molar-refractivity contribution in [3.05, 3.63) is 27.3 Å². The van der Waals surface area contributed by atoms with Gasteiger partial charge in [-0.05, 0) is 66.2 Å². The van der Waals surface area contributed by atoms with Crippen LogP contribution in [0.25, 0.3) is 0 Å². The van der Waals surface area contributed by atoms with Crippen molar-refractivity contribution in [2.45, 2.75) is 39.5 Å². The molecule has 0 fully saturated rings. The molecular weight excluding hydrogens is 415 g/mol. The first kappa shape index (κ1) is 18.9. The molecule has 1 N–H and O–H groups in total. The van der Waals surface area contributed by atoms with Crippen molar-refractivity contribution in [2.75, 3.05) is 17.4 Å². The zero-order valence-electron chi connectivity index (χ0n) is 13.4. The number of hydrogen-bond donors (Lipinski definition) is 1. The molecule has 0 atom stereocenters. The quantitative estimate of drug-likeness (QED) is 0.521. The highest BCUT2D eigenvalue weighted by Gasteiger charge is 2.23. The van der Waals surface area contributed by atoms with E-state index in [9.17, 15) is 8.42 Å². The van der Waals surface area contributed by atoms with Gasteiger partial charge >= 0.3 is 10.2 Å². The van der Waals surface area contributed by atoms with Gasteiger partial charge in [-0.25, -0.2) is 0 Å². The largest absolute Gasteiger partial charge is 0.301 e. The van der Waals surface area contributed by atoms with Crippen molar-refractivity contribution >= 4 is 46.6 Å². The van der Waals surface area contributed by atoms with Crippen molar-refractivity contribution in [1.82, 2.24) is 4.72 Å². The van der Waals surface area contributed by atoms with Gasteiger partial charge in [-0.3, -0.25) is 4.31 Å². The van der Waals surface area contributed by atoms with Gasteiger partial charge in [0.05, 0.1) is 5.69 Å². The van der Waals surface area contributed by atoms with Crippen LogP contribution < -0.4 is 9.03 Å². The minimum absolute atomic E-state index is 0.420. The third-order valence-electron chi connectivity index (χ3n) is 3.16. The Bertz CT molecular complexity index is 585. The summed E-state index contributed by atoms with van der Waals surface area (Å²) in [5, 5.41) is 0. The predicted molar refractivity (Wildman–Crippen MR) is 102 cm³/mol. The number of anilines is 1. The number of aryl methyl sites for hydroxylation is 1. The highest BCUT2D eigenvalue weighted by Crippen LogP contribution is 2.24. The Labute approximate surface area is 143 Å². The number of benzene rings is 1. The van der Waals surface area contributed by atoms with Crippen molar-refractivity contribution < 1.29 is 8.42 Å². The topological polar surface area (TPSA) is 49.4 Å². The summed E-state index contributed by atoms with van der Waals surface area (Å²) in [7, 11) is -4.73. The predicted octanol–water partition coefficient (Wildman–Crippen LogP) is 3.60. The molecule has 0 aromatic heterocycles. The maximum atomic E-state index is 12.5. The molecule has 0 amide bonds. The van der Waals surface area contributed by atoms with Gasteiger partial charge in [-0.2, -0.15) is 13.1 Å². The van der Waals surface area contributed by atoms with Crippen LogP contribution in [0.2, 0.25) is 25.7 Å². The van der Waals surface area contributed by atoms with E-state index in [1.165, 1.54) is 4.31 Å². The van der Waals surface area contributed by atoms with Crippen LogP contribution in [-0.4, -0.2) is 29.6 Å². The highest BCUT2D eigenvalue weighted by molar-refractivity contribution is 14.1. The Hall–Kier alpha value is -0.123. The minimum atomic E-state index is -3.48. The monoisotopic (exact) mass is 440 g/mol. The Morgan fingerprint density at radius 1 is 1.29 bits per heavy atom. The minimum Gasteiger partial charge on any atom is -0.258 e. The molecule has 0 heterocycles. The van der Waals surface area contributed by atoms with Crippen molar-refractivity contribution in [3.63, 3.8) is 0 Å². The Kier molecular flexibility index (Phi) is 6.70. The lowest BCUT2D eigenvalue weighted by Crippen LogP contribution is -2.42. The molecule has 21 heavy (non-hydrogen) atoms. The van der Waals surface area contributed by atoms with E-state index < -0.39 is 18.3 Å². The van der Waals surface area contributed by atoms with E-state index in [1.807, 2.05) is 32.0 Å². The molecule has 1 aromatic carbocycles. The molecule has 0 unspecified atom stereocenters. The molecule has 1 aromatic rings. The second-order valence-corrected chi connectivity index (χ2v) is 14.9. The van der Waals surface area contributed by atoms with Gasteiger partial charge in [0.1, 0.15) is 0 Å². The molecule has 0 saturated heterocycles. The Morgan fingerprint density at radius 3 is 2.38 bits per heavy atom. The number of halogens is 1.